The molecular formula is C22H21Br3N2O4S. The summed E-state index contributed by atoms with van der Waals surface area (Å²) >= 11 is 15.8. The molecule has 0 saturated heterocycles. The van der Waals surface area contributed by atoms with Crippen LogP contribution in [0.5, 0.6) is 11.5 Å². The van der Waals surface area contributed by atoms with Crippen LogP contribution in [-0.2, 0) is 16.1 Å². The summed E-state index contributed by atoms with van der Waals surface area (Å²) in [4.78, 5) is 12.7. The predicted molar refractivity (Wildman–Crippen MR) is 138 cm³/mol. The summed E-state index contributed by atoms with van der Waals surface area (Å²) in [5.74, 6) is 0.951. The number of allylic oxidation sites excluding steroid dienone is 1. The number of rotatable bonds is 7. The van der Waals surface area contributed by atoms with E-state index in [0.717, 1.165) is 24.5 Å². The molecule has 0 spiro atoms. The minimum absolute atomic E-state index is 0.253. The lowest BCUT2D eigenvalue weighted by atomic mass is 9.94. The summed E-state index contributed by atoms with van der Waals surface area (Å²) in [6.07, 6.45) is 0. The van der Waals surface area contributed by atoms with E-state index in [0.29, 0.717) is 27.9 Å². The van der Waals surface area contributed by atoms with Crippen molar-refractivity contribution in [1.29, 1.82) is 0 Å². The number of halogens is 3. The molecule has 10 heteroatoms. The first-order chi connectivity index (χ1) is 15.2. The molecule has 1 aliphatic heterocycles. The molecule has 6 nitrogen and oxygen atoms in total. The Bertz CT molecular complexity index is 1070. The first-order valence-electron chi connectivity index (χ1n) is 9.64. The SMILES string of the molecule is CCOC(=O)C1=C(C)NC(=S)N[C@@H]1c1ccc(OC)c(COc2c(Br)cc(Br)cc2Br)c1. The highest BCUT2D eigenvalue weighted by Crippen LogP contribution is 2.38. The molecule has 170 valence electrons. The molecule has 0 aliphatic carbocycles. The Morgan fingerprint density at radius 1 is 1.16 bits per heavy atom. The lowest BCUT2D eigenvalue weighted by Gasteiger charge is -2.30. The van der Waals surface area contributed by atoms with Crippen LogP contribution in [0.3, 0.4) is 0 Å². The van der Waals surface area contributed by atoms with Gasteiger partial charge in [-0.25, -0.2) is 4.79 Å². The van der Waals surface area contributed by atoms with Gasteiger partial charge in [-0.3, -0.25) is 0 Å². The smallest absolute Gasteiger partial charge is 0.338 e. The maximum Gasteiger partial charge on any atom is 0.338 e. The Hall–Kier alpha value is -1.62. The lowest BCUT2D eigenvalue weighted by Crippen LogP contribution is -2.45. The van der Waals surface area contributed by atoms with Crippen molar-refractivity contribution in [2.45, 2.75) is 26.5 Å². The van der Waals surface area contributed by atoms with Crippen LogP contribution in [-0.4, -0.2) is 24.8 Å². The number of nitrogens with one attached hydrogen (secondary N) is 2. The first kappa shape index (κ1) is 25.0. The second-order valence-corrected chi connectivity index (χ2v) is 9.88. The highest BCUT2D eigenvalue weighted by Gasteiger charge is 2.31. The van der Waals surface area contributed by atoms with E-state index >= 15 is 0 Å². The predicted octanol–water partition coefficient (Wildman–Crippen LogP) is 5.92. The number of benzene rings is 2. The van der Waals surface area contributed by atoms with Gasteiger partial charge in [-0.2, -0.15) is 0 Å². The van der Waals surface area contributed by atoms with Gasteiger partial charge >= 0.3 is 5.97 Å². The zero-order chi connectivity index (χ0) is 23.4. The average molecular weight is 649 g/mol. The molecule has 2 N–H and O–H groups in total. The number of hydrogen-bond acceptors (Lipinski definition) is 5. The second-order valence-electron chi connectivity index (χ2n) is 6.85. The maximum absolute atomic E-state index is 12.7. The minimum Gasteiger partial charge on any atom is -0.496 e. The fourth-order valence-electron chi connectivity index (χ4n) is 3.33. The second kappa shape index (κ2) is 11.0. The van der Waals surface area contributed by atoms with Crippen molar-refractivity contribution in [3.05, 3.63) is 66.1 Å². The van der Waals surface area contributed by atoms with Gasteiger partial charge in [0.15, 0.2) is 5.11 Å². The number of esters is 1. The van der Waals surface area contributed by atoms with E-state index in [9.17, 15) is 4.79 Å². The van der Waals surface area contributed by atoms with E-state index in [2.05, 4.69) is 58.4 Å². The Morgan fingerprint density at radius 2 is 1.84 bits per heavy atom. The van der Waals surface area contributed by atoms with E-state index in [1.54, 1.807) is 14.0 Å². The summed E-state index contributed by atoms with van der Waals surface area (Å²) in [5, 5.41) is 6.62. The fraction of sp³-hybridized carbons (Fsp3) is 0.273. The summed E-state index contributed by atoms with van der Waals surface area (Å²) in [7, 11) is 1.61. The Kier molecular flexibility index (Phi) is 8.60. The van der Waals surface area contributed by atoms with Gasteiger partial charge in [0.1, 0.15) is 18.1 Å². The number of methoxy groups -OCH3 is 1. The molecule has 1 heterocycles. The van der Waals surface area contributed by atoms with Crippen LogP contribution in [0, 0.1) is 0 Å². The van der Waals surface area contributed by atoms with Crippen LogP contribution in [0.25, 0.3) is 0 Å². The van der Waals surface area contributed by atoms with Gasteiger partial charge in [0.05, 0.1) is 34.3 Å². The molecule has 3 rings (SSSR count). The summed E-state index contributed by atoms with van der Waals surface area (Å²) in [5.41, 5.74) is 2.80. The van der Waals surface area contributed by atoms with E-state index < -0.39 is 12.0 Å². The summed E-state index contributed by atoms with van der Waals surface area (Å²) in [6, 6.07) is 9.05. The number of carbonyl (C=O) groups is 1. The normalized spacial score (nSPS) is 15.7. The molecule has 2 aromatic carbocycles. The molecule has 32 heavy (non-hydrogen) atoms. The Balaban J connectivity index is 1.95. The zero-order valence-corrected chi connectivity index (χ0v) is 23.1. The number of carbonyl (C=O) groups excluding carboxylic acids is 1. The van der Waals surface area contributed by atoms with Crippen LogP contribution in [0.4, 0.5) is 0 Å². The number of thiocarbonyl (C=S) groups is 1. The van der Waals surface area contributed by atoms with Gasteiger partial charge < -0.3 is 24.8 Å². The molecule has 0 bridgehead atoms. The Labute approximate surface area is 217 Å². The van der Waals surface area contributed by atoms with Crippen LogP contribution in [0.2, 0.25) is 0 Å². The third-order valence-corrected chi connectivity index (χ3v) is 6.59. The van der Waals surface area contributed by atoms with Gasteiger partial charge in [-0.05, 0) is 87.8 Å². The van der Waals surface area contributed by atoms with E-state index in [1.807, 2.05) is 37.3 Å². The van der Waals surface area contributed by atoms with Crippen LogP contribution >= 0.6 is 60.0 Å². The zero-order valence-electron chi connectivity index (χ0n) is 17.6. The van der Waals surface area contributed by atoms with E-state index in [1.165, 1.54) is 0 Å². The van der Waals surface area contributed by atoms with Gasteiger partial charge in [0, 0.05) is 15.7 Å². The lowest BCUT2D eigenvalue weighted by molar-refractivity contribution is -0.139. The quantitative estimate of drug-likeness (QED) is 0.286. The van der Waals surface area contributed by atoms with Gasteiger partial charge in [-0.15, -0.1) is 0 Å². The highest BCUT2D eigenvalue weighted by molar-refractivity contribution is 9.11. The van der Waals surface area contributed by atoms with Crippen molar-refractivity contribution in [3.8, 4) is 11.5 Å². The van der Waals surface area contributed by atoms with Crippen molar-refractivity contribution in [2.75, 3.05) is 13.7 Å². The van der Waals surface area contributed by atoms with Crippen LogP contribution in [0.1, 0.15) is 31.0 Å². The van der Waals surface area contributed by atoms with Crippen molar-refractivity contribution in [1.82, 2.24) is 10.6 Å². The van der Waals surface area contributed by atoms with Crippen molar-refractivity contribution in [3.63, 3.8) is 0 Å². The van der Waals surface area contributed by atoms with Gasteiger partial charge in [0.25, 0.3) is 0 Å². The minimum atomic E-state index is -0.460. The van der Waals surface area contributed by atoms with Crippen molar-refractivity contribution in [2.24, 2.45) is 0 Å². The monoisotopic (exact) mass is 646 g/mol. The highest BCUT2D eigenvalue weighted by atomic mass is 79.9. The third-order valence-electron chi connectivity index (χ3n) is 4.74. The topological polar surface area (TPSA) is 68.8 Å². The average Bonchev–Trinajstić information content (AvgIpc) is 2.72. The van der Waals surface area contributed by atoms with Crippen molar-refractivity contribution < 1.29 is 19.0 Å². The van der Waals surface area contributed by atoms with Crippen molar-refractivity contribution >= 4 is 71.1 Å². The fourth-order valence-corrected chi connectivity index (χ4v) is 6.09. The summed E-state index contributed by atoms with van der Waals surface area (Å²) < 4.78 is 19.4. The van der Waals surface area contributed by atoms with Gasteiger partial charge in [0.2, 0.25) is 0 Å². The largest absolute Gasteiger partial charge is 0.496 e. The molecule has 0 radical (unpaired) electrons. The summed E-state index contributed by atoms with van der Waals surface area (Å²) in [6.45, 7) is 4.12. The maximum atomic E-state index is 12.7. The molecule has 0 amide bonds. The molecular weight excluding hydrogens is 628 g/mol. The first-order valence-corrected chi connectivity index (χ1v) is 12.4. The molecule has 0 fully saturated rings. The Morgan fingerprint density at radius 3 is 2.47 bits per heavy atom. The number of ether oxygens (including phenoxy) is 3. The molecule has 0 aromatic heterocycles. The number of hydrogen-bond donors (Lipinski definition) is 2. The molecule has 2 aromatic rings. The molecule has 0 unspecified atom stereocenters. The molecule has 1 aliphatic rings. The van der Waals surface area contributed by atoms with E-state index in [-0.39, 0.29) is 13.2 Å². The van der Waals surface area contributed by atoms with Crippen LogP contribution < -0.4 is 20.1 Å². The molecule has 1 atom stereocenters. The standard InChI is InChI=1S/C22H21Br3N2O4S/c1-4-30-21(28)18-11(2)26-22(32)27-19(18)12-5-6-17(29-3)13(7-12)10-31-20-15(24)8-14(23)9-16(20)25/h5-9,19H,4,10H2,1-3H3,(H2,26,27,32)/t19-/m1/s1. The molecule has 0 saturated carbocycles. The van der Waals surface area contributed by atoms with E-state index in [4.69, 9.17) is 26.4 Å². The van der Waals surface area contributed by atoms with Crippen LogP contribution in [0.15, 0.2) is 55.0 Å². The van der Waals surface area contributed by atoms with Gasteiger partial charge in [-0.1, -0.05) is 22.0 Å². The third kappa shape index (κ3) is 5.65.